The molecule has 220 valence electrons. The lowest BCUT2D eigenvalue weighted by Gasteiger charge is -2.38. The van der Waals surface area contributed by atoms with Gasteiger partial charge in [0.05, 0.1) is 30.4 Å². The third-order valence-electron chi connectivity index (χ3n) is 8.00. The molecule has 2 aliphatic rings. The minimum absolute atomic E-state index is 0.0139. The molecule has 0 radical (unpaired) electrons. The summed E-state index contributed by atoms with van der Waals surface area (Å²) in [7, 11) is -2.50. The number of anilines is 1. The van der Waals surface area contributed by atoms with Crippen LogP contribution in [0.3, 0.4) is 0 Å². The second kappa shape index (κ2) is 12.3. The number of rotatable bonds is 8. The van der Waals surface area contributed by atoms with Crippen molar-refractivity contribution in [2.24, 2.45) is 11.8 Å². The first-order valence-corrected chi connectivity index (χ1v) is 15.3. The van der Waals surface area contributed by atoms with Crippen LogP contribution < -0.4 is 10.1 Å². The molecule has 4 rings (SSSR count). The lowest BCUT2D eigenvalue weighted by atomic mass is 9.88. The zero-order chi connectivity index (χ0) is 29.2. The molecule has 2 amide bonds. The van der Waals surface area contributed by atoms with Crippen molar-refractivity contribution in [2.45, 2.75) is 76.8 Å². The Labute approximate surface area is 235 Å². The Morgan fingerprint density at radius 3 is 2.58 bits per heavy atom. The third-order valence-corrected chi connectivity index (χ3v) is 10.1. The van der Waals surface area contributed by atoms with Crippen molar-refractivity contribution in [3.63, 3.8) is 0 Å². The number of likely N-dealkylation sites (N-methyl/N-ethyl adjacent to an activating group) is 1. The van der Waals surface area contributed by atoms with Gasteiger partial charge in [-0.2, -0.15) is 4.31 Å². The van der Waals surface area contributed by atoms with Crippen LogP contribution in [0.15, 0.2) is 27.6 Å². The van der Waals surface area contributed by atoms with Gasteiger partial charge in [-0.3, -0.25) is 9.59 Å². The van der Waals surface area contributed by atoms with E-state index in [0.29, 0.717) is 5.69 Å². The van der Waals surface area contributed by atoms with Crippen molar-refractivity contribution in [1.82, 2.24) is 14.4 Å². The Bertz CT molecular complexity index is 1320. The summed E-state index contributed by atoms with van der Waals surface area (Å²) in [4.78, 5) is 28.4. The topological polar surface area (TPSA) is 142 Å². The number of nitrogens with zero attached hydrogens (tertiary/aromatic N) is 3. The van der Waals surface area contributed by atoms with Gasteiger partial charge in [-0.25, -0.2) is 8.42 Å². The van der Waals surface area contributed by atoms with E-state index < -0.39 is 22.2 Å². The molecule has 0 unspecified atom stereocenters. The number of amides is 2. The maximum Gasteiger partial charge on any atom is 0.258 e. The van der Waals surface area contributed by atoms with Gasteiger partial charge in [0.15, 0.2) is 11.5 Å². The third kappa shape index (κ3) is 6.03. The van der Waals surface area contributed by atoms with E-state index in [4.69, 9.17) is 9.26 Å². The smallest absolute Gasteiger partial charge is 0.258 e. The normalized spacial score (nSPS) is 21.4. The van der Waals surface area contributed by atoms with E-state index in [0.717, 1.165) is 32.1 Å². The molecule has 12 heteroatoms. The van der Waals surface area contributed by atoms with Gasteiger partial charge in [-0.1, -0.05) is 37.4 Å². The predicted octanol–water partition coefficient (Wildman–Crippen LogP) is 3.35. The number of benzene rings is 1. The largest absolute Gasteiger partial charge is 0.486 e. The van der Waals surface area contributed by atoms with E-state index in [9.17, 15) is 23.1 Å². The lowest BCUT2D eigenvalue weighted by Crippen LogP contribution is -2.50. The number of carbonyl (C=O) groups is 2. The Morgan fingerprint density at radius 1 is 1.25 bits per heavy atom. The first-order valence-electron chi connectivity index (χ1n) is 13.9. The Balaban J connectivity index is 1.71. The van der Waals surface area contributed by atoms with Gasteiger partial charge in [-0.05, 0) is 45.7 Å². The fraction of sp³-hybridized carbons (Fsp3) is 0.607. The summed E-state index contributed by atoms with van der Waals surface area (Å²) >= 11 is 0. The van der Waals surface area contributed by atoms with Gasteiger partial charge in [0.25, 0.3) is 5.91 Å². The molecule has 1 saturated carbocycles. The highest BCUT2D eigenvalue weighted by molar-refractivity contribution is 7.89. The number of aliphatic hydroxyl groups is 1. The molecule has 0 bridgehead atoms. The number of nitrogens with one attached hydrogen (secondary N) is 1. The first kappa shape index (κ1) is 30.0. The molecule has 1 aromatic heterocycles. The average Bonchev–Trinajstić information content (AvgIpc) is 3.29. The van der Waals surface area contributed by atoms with Crippen molar-refractivity contribution < 1.29 is 32.4 Å². The summed E-state index contributed by atoms with van der Waals surface area (Å²) in [6.07, 6.45) is 4.05. The second-order valence-corrected chi connectivity index (χ2v) is 13.0. The molecule has 1 fully saturated rings. The van der Waals surface area contributed by atoms with E-state index >= 15 is 0 Å². The van der Waals surface area contributed by atoms with Crippen molar-refractivity contribution >= 4 is 27.5 Å². The monoisotopic (exact) mass is 576 g/mol. The number of para-hydroxylation sites is 1. The zero-order valence-electron chi connectivity index (χ0n) is 23.8. The number of hydrogen-bond donors (Lipinski definition) is 2. The van der Waals surface area contributed by atoms with Crippen LogP contribution in [-0.4, -0.2) is 78.6 Å². The number of carbonyl (C=O) groups excluding carboxylic acids is 2. The van der Waals surface area contributed by atoms with Gasteiger partial charge in [0.1, 0.15) is 16.7 Å². The summed E-state index contributed by atoms with van der Waals surface area (Å²) < 4.78 is 39.8. The maximum absolute atomic E-state index is 13.7. The Hall–Kier alpha value is -2.96. The molecule has 1 aromatic carbocycles. The van der Waals surface area contributed by atoms with Crippen LogP contribution in [0.2, 0.25) is 0 Å². The predicted molar refractivity (Wildman–Crippen MR) is 149 cm³/mol. The molecule has 3 atom stereocenters. The molecule has 11 nitrogen and oxygen atoms in total. The molecule has 1 aliphatic carbocycles. The highest BCUT2D eigenvalue weighted by Gasteiger charge is 2.37. The van der Waals surface area contributed by atoms with Crippen LogP contribution in [0.4, 0.5) is 5.69 Å². The number of ether oxygens (including phenoxy) is 1. The minimum Gasteiger partial charge on any atom is -0.486 e. The molecule has 2 heterocycles. The van der Waals surface area contributed by atoms with E-state index in [1.807, 2.05) is 6.92 Å². The summed E-state index contributed by atoms with van der Waals surface area (Å²) in [5.41, 5.74) is 0.880. The molecular weight excluding hydrogens is 536 g/mol. The number of aliphatic hydroxyl groups excluding tert-OH is 1. The summed E-state index contributed by atoms with van der Waals surface area (Å²) in [6.45, 7) is 6.72. The van der Waals surface area contributed by atoms with Gasteiger partial charge < -0.3 is 24.6 Å². The minimum atomic E-state index is -3.96. The highest BCUT2D eigenvalue weighted by Crippen LogP contribution is 2.36. The van der Waals surface area contributed by atoms with Crippen LogP contribution in [-0.2, 0) is 14.8 Å². The fourth-order valence-electron chi connectivity index (χ4n) is 5.51. The summed E-state index contributed by atoms with van der Waals surface area (Å²) in [6, 6.07) is 4.53. The SMILES string of the molecule is Cc1noc(C)c1S(=O)(=O)N(C)C[C@H]1Oc2c(NC(=O)C3CCCCC3)cccc2C(=O)N([C@@H](C)CO)C[C@H]1C. The molecule has 0 saturated heterocycles. The van der Waals surface area contributed by atoms with Crippen LogP contribution in [0.5, 0.6) is 5.75 Å². The van der Waals surface area contributed by atoms with E-state index in [-0.39, 0.29) is 71.0 Å². The Kier molecular flexibility index (Phi) is 9.21. The number of fused-ring (bicyclic) bond motifs is 1. The lowest BCUT2D eigenvalue weighted by molar-refractivity contribution is -0.120. The van der Waals surface area contributed by atoms with Crippen LogP contribution >= 0.6 is 0 Å². The summed E-state index contributed by atoms with van der Waals surface area (Å²) in [5.74, 6) is -0.479. The average molecular weight is 577 g/mol. The van der Waals surface area contributed by atoms with E-state index in [2.05, 4.69) is 10.5 Å². The number of sulfonamides is 1. The number of aromatic nitrogens is 1. The number of hydrogen-bond acceptors (Lipinski definition) is 8. The molecule has 1 aliphatic heterocycles. The molecule has 40 heavy (non-hydrogen) atoms. The highest BCUT2D eigenvalue weighted by atomic mass is 32.2. The number of aryl methyl sites for hydroxylation is 2. The van der Waals surface area contributed by atoms with Gasteiger partial charge in [-0.15, -0.1) is 0 Å². The van der Waals surface area contributed by atoms with Gasteiger partial charge in [0, 0.05) is 25.4 Å². The maximum atomic E-state index is 13.7. The molecular formula is C28H40N4O7S. The van der Waals surface area contributed by atoms with Crippen molar-refractivity contribution in [3.05, 3.63) is 35.2 Å². The van der Waals surface area contributed by atoms with Crippen LogP contribution in [0.25, 0.3) is 0 Å². The summed E-state index contributed by atoms with van der Waals surface area (Å²) in [5, 5.41) is 16.7. The van der Waals surface area contributed by atoms with Gasteiger partial charge in [0.2, 0.25) is 15.9 Å². The van der Waals surface area contributed by atoms with Crippen molar-refractivity contribution in [1.29, 1.82) is 0 Å². The first-order chi connectivity index (χ1) is 18.9. The van der Waals surface area contributed by atoms with E-state index in [1.165, 1.54) is 11.4 Å². The van der Waals surface area contributed by atoms with Crippen LogP contribution in [0.1, 0.15) is 67.8 Å². The molecule has 2 N–H and O–H groups in total. The Morgan fingerprint density at radius 2 is 1.95 bits per heavy atom. The van der Waals surface area contributed by atoms with Crippen molar-refractivity contribution in [3.8, 4) is 5.75 Å². The quantitative estimate of drug-likeness (QED) is 0.487. The molecule has 0 spiro atoms. The zero-order valence-corrected chi connectivity index (χ0v) is 24.7. The molecule has 2 aromatic rings. The van der Waals surface area contributed by atoms with Crippen LogP contribution in [0, 0.1) is 25.7 Å². The van der Waals surface area contributed by atoms with Crippen molar-refractivity contribution in [2.75, 3.05) is 32.1 Å². The fourth-order valence-corrected chi connectivity index (χ4v) is 6.98. The van der Waals surface area contributed by atoms with E-state index in [1.54, 1.807) is 43.9 Å². The second-order valence-electron chi connectivity index (χ2n) is 11.1. The van der Waals surface area contributed by atoms with Gasteiger partial charge >= 0.3 is 0 Å². The standard InChI is InChI=1S/C28H40N4O7S/c1-17-14-32(18(2)16-33)28(35)22-12-9-13-23(29-27(34)21-10-7-6-8-11-21)25(22)38-24(17)15-31(5)40(36,37)26-19(3)30-39-20(26)4/h9,12-13,17-18,21,24,33H,6-8,10-11,14-16H2,1-5H3,(H,29,34)/t17-,18+,24-/m1/s1.